The van der Waals surface area contributed by atoms with Crippen molar-refractivity contribution >= 4 is 29.2 Å². The zero-order valence-electron chi connectivity index (χ0n) is 36.7. The number of aryl methyl sites for hydroxylation is 2. The molecule has 1 fully saturated rings. The molecular formula is C49H57N7O7. The normalized spacial score (nSPS) is 18.6. The van der Waals surface area contributed by atoms with Gasteiger partial charge in [-0.2, -0.15) is 5.26 Å². The molecule has 2 heterocycles. The Balaban J connectivity index is 1.35. The molecule has 330 valence electrons. The molecule has 14 nitrogen and oxygen atoms in total. The summed E-state index contributed by atoms with van der Waals surface area (Å²) in [7, 11) is 1.48. The zero-order valence-corrected chi connectivity index (χ0v) is 36.7. The van der Waals surface area contributed by atoms with Gasteiger partial charge in [0.1, 0.15) is 24.1 Å². The lowest BCUT2D eigenvalue weighted by molar-refractivity contribution is -0.142. The smallest absolute Gasteiger partial charge is 0.226 e. The summed E-state index contributed by atoms with van der Waals surface area (Å²) in [5.74, 6) is -3.37. The van der Waals surface area contributed by atoms with Gasteiger partial charge in [0.2, 0.25) is 11.8 Å². The van der Waals surface area contributed by atoms with E-state index in [1.807, 2.05) is 18.2 Å². The summed E-state index contributed by atoms with van der Waals surface area (Å²) >= 11 is 0. The number of carbonyl (C=O) groups is 5. The number of aromatic nitrogens is 2. The van der Waals surface area contributed by atoms with Crippen LogP contribution in [0.1, 0.15) is 103 Å². The van der Waals surface area contributed by atoms with Gasteiger partial charge in [-0.25, -0.2) is 9.97 Å². The van der Waals surface area contributed by atoms with Crippen LogP contribution in [0.3, 0.4) is 0 Å². The number of ether oxygens (including phenoxy) is 1. The number of nitrogens with zero attached hydrogens (tertiary/aromatic N) is 4. The highest BCUT2D eigenvalue weighted by Gasteiger charge is 2.39. The third-order valence-corrected chi connectivity index (χ3v) is 12.4. The standard InChI is InChI=1S/C49H57N7O7/c1-28-23-42(60)45(33-11-15-43(63-22-21-52)37(26-33)36-24-31(8-14-39(36)57)25-38(55-47(28)61)40(58)7-6-19-50)56(5)48(62)34(16-20-51)27-41(59)44-29(2)53-46(54-30(44)3)32-9-12-35(13-10-32)49(4)17-18-49/h8-15,24,26,28,34,38,45,57H,6-7,16-18,20-23,25,27,51-52H2,1-5H3,(H,55,61)/t28-,34-,38+,45+/m1/s1. The number of nitrogens with one attached hydrogen (secondary N) is 1. The van der Waals surface area contributed by atoms with Crippen LogP contribution in [0.2, 0.25) is 0 Å². The molecule has 0 unspecified atom stereocenters. The molecule has 0 saturated heterocycles. The molecule has 1 aromatic heterocycles. The summed E-state index contributed by atoms with van der Waals surface area (Å²) in [6.45, 7) is 7.73. The van der Waals surface area contributed by atoms with Crippen LogP contribution in [0.15, 0.2) is 60.7 Å². The minimum atomic E-state index is -1.26. The Labute approximate surface area is 368 Å². The number of aromatic hydroxyl groups is 1. The lowest BCUT2D eigenvalue weighted by atomic mass is 9.88. The number of rotatable bonds is 15. The van der Waals surface area contributed by atoms with Crippen molar-refractivity contribution in [2.24, 2.45) is 23.3 Å². The molecule has 1 saturated carbocycles. The number of nitrogens with two attached hydrogens (primary N) is 2. The van der Waals surface area contributed by atoms with Crippen molar-refractivity contribution in [3.8, 4) is 40.1 Å². The Kier molecular flexibility index (Phi) is 14.5. The van der Waals surface area contributed by atoms with Gasteiger partial charge in [-0.3, -0.25) is 24.0 Å². The van der Waals surface area contributed by atoms with Crippen LogP contribution < -0.4 is 21.5 Å². The zero-order chi connectivity index (χ0) is 45.6. The number of likely N-dealkylation sites (N-methyl/N-ethyl adjacent to an activating group) is 1. The van der Waals surface area contributed by atoms with Crippen molar-refractivity contribution < 1.29 is 33.8 Å². The summed E-state index contributed by atoms with van der Waals surface area (Å²) in [6.07, 6.45) is 1.85. The second-order valence-corrected chi connectivity index (χ2v) is 17.2. The number of benzene rings is 3. The van der Waals surface area contributed by atoms with Crippen LogP contribution in [-0.4, -0.2) is 81.9 Å². The number of amides is 2. The first kappa shape index (κ1) is 46.2. The van der Waals surface area contributed by atoms with Gasteiger partial charge < -0.3 is 31.5 Å². The van der Waals surface area contributed by atoms with E-state index in [1.165, 1.54) is 23.6 Å². The van der Waals surface area contributed by atoms with E-state index in [0.717, 1.165) is 18.4 Å². The van der Waals surface area contributed by atoms with Gasteiger partial charge in [0.15, 0.2) is 23.2 Å². The number of phenols is 1. The molecule has 63 heavy (non-hydrogen) atoms. The molecule has 6 N–H and O–H groups in total. The number of hydrogen-bond donors (Lipinski definition) is 4. The van der Waals surface area contributed by atoms with Crippen LogP contribution in [0.25, 0.3) is 22.5 Å². The van der Waals surface area contributed by atoms with E-state index < -0.39 is 41.5 Å². The number of nitriles is 1. The molecule has 0 spiro atoms. The van der Waals surface area contributed by atoms with Crippen LogP contribution in [0.5, 0.6) is 11.5 Å². The van der Waals surface area contributed by atoms with Crippen LogP contribution in [0, 0.1) is 37.0 Å². The maximum absolute atomic E-state index is 14.7. The first-order valence-electron chi connectivity index (χ1n) is 21.6. The highest BCUT2D eigenvalue weighted by atomic mass is 16.5. The average molecular weight is 856 g/mol. The fourth-order valence-corrected chi connectivity index (χ4v) is 8.43. The molecule has 2 aliphatic rings. The lowest BCUT2D eigenvalue weighted by Crippen LogP contribution is -2.46. The van der Waals surface area contributed by atoms with Crippen molar-refractivity contribution in [1.29, 1.82) is 5.26 Å². The lowest BCUT2D eigenvalue weighted by Gasteiger charge is -2.32. The highest BCUT2D eigenvalue weighted by Crippen LogP contribution is 2.47. The van der Waals surface area contributed by atoms with E-state index in [4.69, 9.17) is 26.2 Å². The van der Waals surface area contributed by atoms with E-state index in [0.29, 0.717) is 50.8 Å². The van der Waals surface area contributed by atoms with Crippen LogP contribution >= 0.6 is 0 Å². The van der Waals surface area contributed by atoms with Gasteiger partial charge >= 0.3 is 0 Å². The second kappa shape index (κ2) is 19.8. The Morgan fingerprint density at radius 2 is 1.68 bits per heavy atom. The number of Topliss-reactive ketones (excluding diaryl/α,β-unsaturated/α-hetero) is 3. The predicted octanol–water partition coefficient (Wildman–Crippen LogP) is 5.77. The molecule has 14 heteroatoms. The molecule has 6 rings (SSSR count). The summed E-state index contributed by atoms with van der Waals surface area (Å²) in [5.41, 5.74) is 17.1. The molecule has 1 aliphatic heterocycles. The molecule has 0 radical (unpaired) electrons. The van der Waals surface area contributed by atoms with Crippen molar-refractivity contribution in [2.75, 3.05) is 26.7 Å². The van der Waals surface area contributed by atoms with Crippen molar-refractivity contribution in [3.05, 3.63) is 94.3 Å². The molecule has 2 amide bonds. The number of carbonyl (C=O) groups excluding carboxylic acids is 5. The monoisotopic (exact) mass is 855 g/mol. The average Bonchev–Trinajstić information content (AvgIpc) is 4.02. The second-order valence-electron chi connectivity index (χ2n) is 17.2. The maximum Gasteiger partial charge on any atom is 0.226 e. The third-order valence-electron chi connectivity index (χ3n) is 12.4. The Hall–Kier alpha value is -6.30. The molecule has 4 aromatic rings. The summed E-state index contributed by atoms with van der Waals surface area (Å²) < 4.78 is 6.01. The van der Waals surface area contributed by atoms with E-state index >= 15 is 0 Å². The van der Waals surface area contributed by atoms with E-state index in [1.54, 1.807) is 51.1 Å². The van der Waals surface area contributed by atoms with Crippen molar-refractivity contribution in [1.82, 2.24) is 20.2 Å². The highest BCUT2D eigenvalue weighted by molar-refractivity contribution is 6.01. The van der Waals surface area contributed by atoms with Crippen LogP contribution in [0.4, 0.5) is 0 Å². The molecule has 3 aromatic carbocycles. The molecule has 4 bridgehead atoms. The summed E-state index contributed by atoms with van der Waals surface area (Å²) in [6, 6.07) is 17.6. The van der Waals surface area contributed by atoms with Gasteiger partial charge in [0.25, 0.3) is 0 Å². The van der Waals surface area contributed by atoms with E-state index in [2.05, 4.69) is 24.4 Å². The quantitative estimate of drug-likeness (QED) is 0.104. The van der Waals surface area contributed by atoms with E-state index in [-0.39, 0.29) is 81.0 Å². The first-order valence-corrected chi connectivity index (χ1v) is 21.6. The van der Waals surface area contributed by atoms with Gasteiger partial charge in [0, 0.05) is 67.8 Å². The molecular weight excluding hydrogens is 799 g/mol. The molecule has 1 aliphatic carbocycles. The number of fused-ring (bicyclic) bond motifs is 5. The van der Waals surface area contributed by atoms with Crippen LogP contribution in [-0.2, 0) is 31.0 Å². The van der Waals surface area contributed by atoms with E-state index in [9.17, 15) is 34.3 Å². The van der Waals surface area contributed by atoms with Gasteiger partial charge in [0.05, 0.1) is 29.1 Å². The fourth-order valence-electron chi connectivity index (χ4n) is 8.43. The topological polar surface area (TPSA) is 232 Å². The minimum Gasteiger partial charge on any atom is -0.507 e. The SMILES string of the molecule is Cc1nc(-c2ccc(C3(C)CC3)cc2)nc(C)c1C(=O)C[C@@H](CCN)C(=O)N(C)[C@@H]1C(=O)C[C@@H](C)C(=O)N[C@H](C(=O)CCC#N)Cc2ccc(O)c(c2)-c2cc1ccc2OCCN. The number of phenolic OH excluding ortho intramolecular Hbond substituents is 1. The maximum atomic E-state index is 14.7. The summed E-state index contributed by atoms with van der Waals surface area (Å²) in [4.78, 5) is 81.2. The van der Waals surface area contributed by atoms with Gasteiger partial charge in [-0.05, 0) is 92.4 Å². The third kappa shape index (κ3) is 10.5. The largest absolute Gasteiger partial charge is 0.507 e. The first-order chi connectivity index (χ1) is 30.1. The predicted molar refractivity (Wildman–Crippen MR) is 238 cm³/mol. The Morgan fingerprint density at radius 3 is 2.32 bits per heavy atom. The van der Waals surface area contributed by atoms with Gasteiger partial charge in [-0.15, -0.1) is 0 Å². The molecule has 4 atom stereocenters. The number of hydrogen-bond acceptors (Lipinski definition) is 12. The summed E-state index contributed by atoms with van der Waals surface area (Å²) in [5, 5.41) is 23.2. The Morgan fingerprint density at radius 1 is 0.984 bits per heavy atom. The number of ketones is 3. The minimum absolute atomic E-state index is 0.0404. The van der Waals surface area contributed by atoms with Crippen molar-refractivity contribution in [3.63, 3.8) is 0 Å². The fraction of sp³-hybridized carbons (Fsp3) is 0.429. The Bertz CT molecular complexity index is 2420. The van der Waals surface area contributed by atoms with Crippen molar-refractivity contribution in [2.45, 2.75) is 96.6 Å². The van der Waals surface area contributed by atoms with Gasteiger partial charge in [-0.1, -0.05) is 50.2 Å².